The molecule has 21 heavy (non-hydrogen) atoms. The molecule has 114 valence electrons. The van der Waals surface area contributed by atoms with Crippen molar-refractivity contribution in [3.8, 4) is 5.75 Å². The second-order valence-corrected chi connectivity index (χ2v) is 6.38. The number of anilines is 1. The molecule has 1 aliphatic heterocycles. The Morgan fingerprint density at radius 1 is 1.52 bits per heavy atom. The van der Waals surface area contributed by atoms with Crippen LogP contribution < -0.4 is 10.1 Å². The van der Waals surface area contributed by atoms with Crippen molar-refractivity contribution in [3.05, 3.63) is 27.8 Å². The Bertz CT molecular complexity index is 617. The largest absolute Gasteiger partial charge is 0.486 e. The minimum absolute atomic E-state index is 0.0355. The lowest BCUT2D eigenvalue weighted by Crippen LogP contribution is -2.45. The minimum Gasteiger partial charge on any atom is -0.486 e. The summed E-state index contributed by atoms with van der Waals surface area (Å²) in [4.78, 5) is 21.3. The molecule has 0 saturated carbocycles. The quantitative estimate of drug-likeness (QED) is 0.480. The van der Waals surface area contributed by atoms with Crippen LogP contribution in [0.25, 0.3) is 0 Å². The Labute approximate surface area is 129 Å². The lowest BCUT2D eigenvalue weighted by atomic mass is 9.91. The summed E-state index contributed by atoms with van der Waals surface area (Å²) in [7, 11) is 0. The number of aliphatic hydroxyl groups is 1. The van der Waals surface area contributed by atoms with E-state index in [0.717, 1.165) is 0 Å². The van der Waals surface area contributed by atoms with Crippen molar-refractivity contribution in [3.63, 3.8) is 0 Å². The second kappa shape index (κ2) is 5.27. The number of carbonyl (C=O) groups is 1. The van der Waals surface area contributed by atoms with Crippen LogP contribution in [0.2, 0.25) is 0 Å². The predicted octanol–water partition coefficient (Wildman–Crippen LogP) is 2.52. The number of ether oxygens (including phenoxy) is 1. The number of carbonyl (C=O) groups excluding carboxylic acids is 1. The summed E-state index contributed by atoms with van der Waals surface area (Å²) in [6.45, 7) is 4.80. The number of nitrogens with one attached hydrogen (secondary N) is 1. The van der Waals surface area contributed by atoms with E-state index in [0.29, 0.717) is 5.56 Å². The molecule has 0 saturated heterocycles. The van der Waals surface area contributed by atoms with Crippen molar-refractivity contribution >= 4 is 33.2 Å². The number of nitro groups is 1. The van der Waals surface area contributed by atoms with E-state index in [-0.39, 0.29) is 22.0 Å². The van der Waals surface area contributed by atoms with Gasteiger partial charge in [-0.1, -0.05) is 15.9 Å². The van der Waals surface area contributed by atoms with Crippen LogP contribution in [0.1, 0.15) is 32.4 Å². The number of aliphatic hydroxyl groups excluding tert-OH is 1. The highest BCUT2D eigenvalue weighted by atomic mass is 79.9. The number of rotatable bonds is 2. The van der Waals surface area contributed by atoms with Crippen LogP contribution in [0, 0.1) is 10.1 Å². The van der Waals surface area contributed by atoms with Crippen molar-refractivity contribution in [1.29, 1.82) is 0 Å². The molecule has 0 aliphatic carbocycles. The lowest BCUT2D eigenvalue weighted by molar-refractivity contribution is -0.384. The van der Waals surface area contributed by atoms with Gasteiger partial charge in [-0.25, -0.2) is 0 Å². The summed E-state index contributed by atoms with van der Waals surface area (Å²) in [5.41, 5.74) is -0.575. The molecule has 0 unspecified atom stereocenters. The molecular weight excluding hydrogens is 344 g/mol. The number of hydrogen-bond acceptors (Lipinski definition) is 5. The summed E-state index contributed by atoms with van der Waals surface area (Å²) in [5, 5.41) is 23.9. The molecule has 2 atom stereocenters. The van der Waals surface area contributed by atoms with Crippen LogP contribution in [0.15, 0.2) is 12.1 Å². The highest BCUT2D eigenvalue weighted by Gasteiger charge is 2.42. The zero-order valence-corrected chi connectivity index (χ0v) is 13.3. The maximum Gasteiger partial charge on any atom is 0.296 e. The lowest BCUT2D eigenvalue weighted by Gasteiger charge is -2.40. The molecule has 1 aromatic rings. The molecule has 1 amide bonds. The Kier molecular flexibility index (Phi) is 3.94. The number of nitro benzene ring substituents is 1. The van der Waals surface area contributed by atoms with Gasteiger partial charge in [-0.2, -0.15) is 0 Å². The van der Waals surface area contributed by atoms with Crippen LogP contribution in [-0.2, 0) is 4.79 Å². The molecule has 0 aromatic heterocycles. The fourth-order valence-electron chi connectivity index (χ4n) is 2.22. The number of amides is 1. The molecule has 2 N–H and O–H groups in total. The van der Waals surface area contributed by atoms with E-state index < -0.39 is 22.5 Å². The average Bonchev–Trinajstić information content (AvgIpc) is 2.35. The number of fused-ring (bicyclic) bond motifs is 1. The number of nitrogens with zero attached hydrogens (tertiary/aromatic N) is 1. The van der Waals surface area contributed by atoms with Crippen molar-refractivity contribution in [2.45, 2.75) is 37.3 Å². The van der Waals surface area contributed by atoms with Gasteiger partial charge in [0.1, 0.15) is 17.0 Å². The summed E-state index contributed by atoms with van der Waals surface area (Å²) < 4.78 is 5.73. The fourth-order valence-corrected chi connectivity index (χ4v) is 2.60. The first-order chi connectivity index (χ1) is 9.63. The first-order valence-electron chi connectivity index (χ1n) is 6.24. The minimum atomic E-state index is -0.905. The van der Waals surface area contributed by atoms with Crippen LogP contribution in [0.3, 0.4) is 0 Å². The van der Waals surface area contributed by atoms with E-state index >= 15 is 0 Å². The van der Waals surface area contributed by atoms with Crippen molar-refractivity contribution in [2.75, 3.05) is 5.32 Å². The van der Waals surface area contributed by atoms with Gasteiger partial charge < -0.3 is 15.2 Å². The first-order valence-corrected chi connectivity index (χ1v) is 7.16. The van der Waals surface area contributed by atoms with Crippen molar-refractivity contribution in [2.24, 2.45) is 0 Å². The maximum atomic E-state index is 11.2. The fraction of sp³-hybridized carbons (Fsp3) is 0.462. The van der Waals surface area contributed by atoms with E-state index in [1.807, 2.05) is 0 Å². The molecule has 1 aliphatic rings. The highest BCUT2D eigenvalue weighted by Crippen LogP contribution is 2.46. The van der Waals surface area contributed by atoms with Gasteiger partial charge >= 0.3 is 0 Å². The Hall–Kier alpha value is -1.67. The number of halogens is 1. The topological polar surface area (TPSA) is 102 Å². The monoisotopic (exact) mass is 358 g/mol. The smallest absolute Gasteiger partial charge is 0.296 e. The normalized spacial score (nSPS) is 22.9. The van der Waals surface area contributed by atoms with Crippen molar-refractivity contribution < 1.29 is 19.6 Å². The molecule has 8 heteroatoms. The molecule has 2 rings (SSSR count). The van der Waals surface area contributed by atoms with Gasteiger partial charge in [-0.05, 0) is 19.9 Å². The molecule has 0 spiro atoms. The molecule has 1 aromatic carbocycles. The summed E-state index contributed by atoms with van der Waals surface area (Å²) >= 11 is 3.37. The van der Waals surface area contributed by atoms with Gasteiger partial charge in [-0.3, -0.25) is 14.9 Å². The van der Waals surface area contributed by atoms with E-state index in [2.05, 4.69) is 21.2 Å². The molecule has 1 heterocycles. The van der Waals surface area contributed by atoms with E-state index in [9.17, 15) is 20.0 Å². The third kappa shape index (κ3) is 2.86. The first kappa shape index (κ1) is 15.7. The predicted molar refractivity (Wildman–Crippen MR) is 79.8 cm³/mol. The zero-order chi connectivity index (χ0) is 15.9. The van der Waals surface area contributed by atoms with Crippen LogP contribution in [-0.4, -0.2) is 26.4 Å². The third-order valence-electron chi connectivity index (χ3n) is 3.27. The second-order valence-electron chi connectivity index (χ2n) is 5.40. The third-order valence-corrected chi connectivity index (χ3v) is 4.87. The van der Waals surface area contributed by atoms with E-state index in [1.165, 1.54) is 19.1 Å². The molecule has 0 fully saturated rings. The highest BCUT2D eigenvalue weighted by molar-refractivity contribution is 9.09. The number of hydrogen-bond donors (Lipinski definition) is 2. The maximum absolute atomic E-state index is 11.2. The van der Waals surface area contributed by atoms with Crippen LogP contribution >= 0.6 is 15.9 Å². The molecular formula is C13H15BrN2O5. The van der Waals surface area contributed by atoms with Crippen LogP contribution in [0.4, 0.5) is 11.4 Å². The van der Waals surface area contributed by atoms with E-state index in [4.69, 9.17) is 4.74 Å². The Morgan fingerprint density at radius 3 is 2.67 bits per heavy atom. The van der Waals surface area contributed by atoms with Crippen LogP contribution in [0.5, 0.6) is 5.75 Å². The number of benzene rings is 1. The average molecular weight is 359 g/mol. The standard InChI is InChI=1S/C13H15BrN2O5/c1-6(17)15-8-4-7-10(5-9(8)16(19)20)21-13(2,3)12(14)11(7)18/h4-5,11-12,18H,1-3H3,(H,15,17)/t11-,12+/m1/s1. The van der Waals surface area contributed by atoms with Gasteiger partial charge in [0.25, 0.3) is 5.69 Å². The van der Waals surface area contributed by atoms with Gasteiger partial charge in [0.2, 0.25) is 5.91 Å². The van der Waals surface area contributed by atoms with Gasteiger partial charge in [-0.15, -0.1) is 0 Å². The SMILES string of the molecule is CC(=O)Nc1cc2c(cc1[N+](=O)[O-])OC(C)(C)[C@@H](Br)[C@@H]2O. The van der Waals surface area contributed by atoms with E-state index in [1.54, 1.807) is 13.8 Å². The van der Waals surface area contributed by atoms with Crippen molar-refractivity contribution in [1.82, 2.24) is 0 Å². The Morgan fingerprint density at radius 2 is 2.14 bits per heavy atom. The van der Waals surface area contributed by atoms with Gasteiger partial charge in [0.15, 0.2) is 0 Å². The molecule has 0 bridgehead atoms. The summed E-state index contributed by atoms with van der Waals surface area (Å²) in [6, 6.07) is 2.60. The van der Waals surface area contributed by atoms with Gasteiger partial charge in [0, 0.05) is 12.5 Å². The summed E-state index contributed by atoms with van der Waals surface area (Å²) in [5.74, 6) is -0.191. The Balaban J connectivity index is 2.59. The zero-order valence-electron chi connectivity index (χ0n) is 11.7. The summed E-state index contributed by atoms with van der Waals surface area (Å²) in [6.07, 6.45) is -0.905. The molecule has 7 nitrogen and oxygen atoms in total. The number of alkyl halides is 1. The van der Waals surface area contributed by atoms with Gasteiger partial charge in [0.05, 0.1) is 21.9 Å². The molecule has 0 radical (unpaired) electrons.